The molecule has 8 heteroatoms. The molecular formula is C24H23ClN2O4S. The highest BCUT2D eigenvalue weighted by atomic mass is 35.5. The molecule has 32 heavy (non-hydrogen) atoms. The predicted molar refractivity (Wildman–Crippen MR) is 125 cm³/mol. The highest BCUT2D eigenvalue weighted by Crippen LogP contribution is 2.28. The van der Waals surface area contributed by atoms with Gasteiger partial charge in [0.05, 0.1) is 17.6 Å². The standard InChI is InChI=1S/C24H23ClN2O4S/c1-16-3-8-21(9-4-16)32(29,30)27-12-11-17-5-7-20(13-18(17)15-27)26-24(28)22-14-19(25)6-10-23(22)31-2/h3-10,13-14H,11-12,15H2,1-2H3,(H,26,28). The second-order valence-electron chi connectivity index (χ2n) is 7.68. The van der Waals surface area contributed by atoms with Gasteiger partial charge in [-0.2, -0.15) is 4.31 Å². The predicted octanol–water partition coefficient (Wildman–Crippen LogP) is 4.66. The third-order valence-electron chi connectivity index (χ3n) is 5.51. The van der Waals surface area contributed by atoms with Crippen LogP contribution in [0.25, 0.3) is 0 Å². The van der Waals surface area contributed by atoms with Crippen molar-refractivity contribution in [3.05, 3.63) is 87.9 Å². The minimum Gasteiger partial charge on any atom is -0.496 e. The first-order chi connectivity index (χ1) is 15.3. The summed E-state index contributed by atoms with van der Waals surface area (Å²) in [4.78, 5) is 13.1. The van der Waals surface area contributed by atoms with Gasteiger partial charge in [-0.1, -0.05) is 35.4 Å². The van der Waals surface area contributed by atoms with E-state index in [4.69, 9.17) is 16.3 Å². The number of hydrogen-bond acceptors (Lipinski definition) is 4. The van der Waals surface area contributed by atoms with Gasteiger partial charge in [0.25, 0.3) is 5.91 Å². The molecule has 0 atom stereocenters. The molecule has 0 radical (unpaired) electrons. The summed E-state index contributed by atoms with van der Waals surface area (Å²) >= 11 is 6.04. The Morgan fingerprint density at radius 2 is 1.78 bits per heavy atom. The number of nitrogens with one attached hydrogen (secondary N) is 1. The Morgan fingerprint density at radius 1 is 1.03 bits per heavy atom. The van der Waals surface area contributed by atoms with Gasteiger partial charge >= 0.3 is 0 Å². The lowest BCUT2D eigenvalue weighted by Gasteiger charge is -2.28. The van der Waals surface area contributed by atoms with E-state index in [1.807, 2.05) is 25.1 Å². The average Bonchev–Trinajstić information content (AvgIpc) is 2.78. The number of aryl methyl sites for hydroxylation is 1. The molecule has 166 valence electrons. The molecule has 3 aromatic rings. The van der Waals surface area contributed by atoms with Gasteiger partial charge < -0.3 is 10.1 Å². The van der Waals surface area contributed by atoms with Gasteiger partial charge in [0, 0.05) is 23.8 Å². The molecule has 0 aliphatic carbocycles. The monoisotopic (exact) mass is 470 g/mol. The van der Waals surface area contributed by atoms with Crippen LogP contribution in [0, 0.1) is 6.92 Å². The van der Waals surface area contributed by atoms with Crippen LogP contribution in [0.3, 0.4) is 0 Å². The molecule has 0 fully saturated rings. The number of carbonyl (C=O) groups is 1. The normalized spacial score (nSPS) is 14.0. The summed E-state index contributed by atoms with van der Waals surface area (Å²) in [5.74, 6) is 0.0597. The second-order valence-corrected chi connectivity index (χ2v) is 10.1. The van der Waals surface area contributed by atoms with Gasteiger partial charge in [0.15, 0.2) is 0 Å². The van der Waals surface area contributed by atoms with E-state index in [9.17, 15) is 13.2 Å². The first-order valence-electron chi connectivity index (χ1n) is 10.1. The van der Waals surface area contributed by atoms with Crippen LogP contribution in [0.5, 0.6) is 5.75 Å². The van der Waals surface area contributed by atoms with E-state index in [0.29, 0.717) is 35.0 Å². The van der Waals surface area contributed by atoms with Crippen LogP contribution in [0.4, 0.5) is 5.69 Å². The number of anilines is 1. The number of benzene rings is 3. The van der Waals surface area contributed by atoms with Gasteiger partial charge in [-0.3, -0.25) is 4.79 Å². The summed E-state index contributed by atoms with van der Waals surface area (Å²) in [7, 11) is -2.11. The Hall–Kier alpha value is -2.87. The molecular weight excluding hydrogens is 448 g/mol. The van der Waals surface area contributed by atoms with Crippen LogP contribution >= 0.6 is 11.6 Å². The third kappa shape index (κ3) is 4.50. The van der Waals surface area contributed by atoms with E-state index in [-0.39, 0.29) is 17.3 Å². The fourth-order valence-electron chi connectivity index (χ4n) is 3.73. The Balaban J connectivity index is 1.56. The van der Waals surface area contributed by atoms with Crippen LogP contribution in [-0.4, -0.2) is 32.3 Å². The number of nitrogens with zero attached hydrogens (tertiary/aromatic N) is 1. The van der Waals surface area contributed by atoms with Crippen molar-refractivity contribution in [2.75, 3.05) is 19.0 Å². The molecule has 0 saturated carbocycles. The second kappa shape index (κ2) is 8.94. The summed E-state index contributed by atoms with van der Waals surface area (Å²) in [6.07, 6.45) is 0.608. The molecule has 1 aliphatic rings. The average molecular weight is 471 g/mol. The first kappa shape index (κ1) is 22.3. The highest BCUT2D eigenvalue weighted by Gasteiger charge is 2.28. The van der Waals surface area contributed by atoms with Crippen LogP contribution < -0.4 is 10.1 Å². The van der Waals surface area contributed by atoms with Crippen molar-refractivity contribution in [3.63, 3.8) is 0 Å². The van der Waals surface area contributed by atoms with Crippen molar-refractivity contribution in [3.8, 4) is 5.75 Å². The van der Waals surface area contributed by atoms with Crippen LogP contribution in [0.15, 0.2) is 65.6 Å². The number of carbonyl (C=O) groups excluding carboxylic acids is 1. The van der Waals surface area contributed by atoms with Crippen LogP contribution in [-0.2, 0) is 23.0 Å². The molecule has 0 unspecified atom stereocenters. The van der Waals surface area contributed by atoms with E-state index in [0.717, 1.165) is 16.7 Å². The summed E-state index contributed by atoms with van der Waals surface area (Å²) < 4.78 is 32.9. The molecule has 0 saturated heterocycles. The topological polar surface area (TPSA) is 75.7 Å². The zero-order valence-electron chi connectivity index (χ0n) is 17.8. The molecule has 0 spiro atoms. The number of halogens is 1. The molecule has 1 amide bonds. The quantitative estimate of drug-likeness (QED) is 0.588. The fourth-order valence-corrected chi connectivity index (χ4v) is 5.32. The maximum atomic E-state index is 13.1. The number of rotatable bonds is 5. The Kier molecular flexibility index (Phi) is 6.24. The summed E-state index contributed by atoms with van der Waals surface area (Å²) in [6, 6.07) is 17.3. The highest BCUT2D eigenvalue weighted by molar-refractivity contribution is 7.89. The van der Waals surface area contributed by atoms with E-state index >= 15 is 0 Å². The molecule has 4 rings (SSSR count). The summed E-state index contributed by atoms with van der Waals surface area (Å²) in [5.41, 5.74) is 3.83. The SMILES string of the molecule is COc1ccc(Cl)cc1C(=O)Nc1ccc2c(c1)CN(S(=O)(=O)c1ccc(C)cc1)CC2. The Labute approximate surface area is 192 Å². The largest absolute Gasteiger partial charge is 0.496 e. The van der Waals surface area contributed by atoms with Crippen molar-refractivity contribution in [1.82, 2.24) is 4.31 Å². The molecule has 0 aromatic heterocycles. The lowest BCUT2D eigenvalue weighted by Crippen LogP contribution is -2.36. The molecule has 1 heterocycles. The van der Waals surface area contributed by atoms with Gasteiger partial charge in [-0.05, 0) is 66.9 Å². The van der Waals surface area contributed by atoms with E-state index in [2.05, 4.69) is 5.32 Å². The summed E-state index contributed by atoms with van der Waals surface area (Å²) in [5, 5.41) is 3.29. The number of ether oxygens (including phenoxy) is 1. The number of methoxy groups -OCH3 is 1. The van der Waals surface area contributed by atoms with Crippen molar-refractivity contribution in [1.29, 1.82) is 0 Å². The third-order valence-corrected chi connectivity index (χ3v) is 7.60. The Bertz CT molecular complexity index is 1270. The molecule has 3 aromatic carbocycles. The van der Waals surface area contributed by atoms with Crippen molar-refractivity contribution in [2.24, 2.45) is 0 Å². The maximum Gasteiger partial charge on any atom is 0.259 e. The number of hydrogen-bond donors (Lipinski definition) is 1. The lowest BCUT2D eigenvalue weighted by atomic mass is 10.0. The lowest BCUT2D eigenvalue weighted by molar-refractivity contribution is 0.102. The van der Waals surface area contributed by atoms with Gasteiger partial charge in [-0.25, -0.2) is 8.42 Å². The Morgan fingerprint density at radius 3 is 2.50 bits per heavy atom. The van der Waals surface area contributed by atoms with Crippen LogP contribution in [0.2, 0.25) is 5.02 Å². The zero-order valence-corrected chi connectivity index (χ0v) is 19.3. The van der Waals surface area contributed by atoms with Crippen molar-refractivity contribution < 1.29 is 17.9 Å². The maximum absolute atomic E-state index is 13.1. The number of amides is 1. The fraction of sp³-hybridized carbons (Fsp3) is 0.208. The van der Waals surface area contributed by atoms with E-state index in [1.54, 1.807) is 42.5 Å². The smallest absolute Gasteiger partial charge is 0.259 e. The van der Waals surface area contributed by atoms with Crippen molar-refractivity contribution in [2.45, 2.75) is 24.8 Å². The minimum absolute atomic E-state index is 0.246. The first-order valence-corrected chi connectivity index (χ1v) is 11.9. The molecule has 6 nitrogen and oxygen atoms in total. The number of fused-ring (bicyclic) bond motifs is 1. The van der Waals surface area contributed by atoms with E-state index < -0.39 is 10.0 Å². The van der Waals surface area contributed by atoms with Gasteiger partial charge in [0.1, 0.15) is 5.75 Å². The number of sulfonamides is 1. The van der Waals surface area contributed by atoms with Crippen LogP contribution in [0.1, 0.15) is 27.0 Å². The minimum atomic E-state index is -3.60. The zero-order chi connectivity index (χ0) is 22.9. The summed E-state index contributed by atoms with van der Waals surface area (Å²) in [6.45, 7) is 2.58. The van der Waals surface area contributed by atoms with Gasteiger partial charge in [0.2, 0.25) is 10.0 Å². The molecule has 1 aliphatic heterocycles. The molecule has 1 N–H and O–H groups in total. The van der Waals surface area contributed by atoms with Gasteiger partial charge in [-0.15, -0.1) is 0 Å². The molecule has 0 bridgehead atoms. The van der Waals surface area contributed by atoms with Crippen molar-refractivity contribution >= 4 is 33.2 Å². The van der Waals surface area contributed by atoms with E-state index in [1.165, 1.54) is 11.4 Å².